The Morgan fingerprint density at radius 2 is 2.02 bits per heavy atom. The fourth-order valence-electron chi connectivity index (χ4n) is 5.21. The molecule has 5 rings (SSSR count). The Morgan fingerprint density at radius 1 is 1.24 bits per heavy atom. The van der Waals surface area contributed by atoms with Crippen LogP contribution in [0.1, 0.15) is 85.0 Å². The summed E-state index contributed by atoms with van der Waals surface area (Å²) < 4.78 is 22.0. The second kappa shape index (κ2) is 15.6. The molecule has 1 aliphatic heterocycles. The van der Waals surface area contributed by atoms with Crippen LogP contribution >= 0.6 is 11.3 Å². The first-order valence-electron chi connectivity index (χ1n) is 15.7. The summed E-state index contributed by atoms with van der Waals surface area (Å²) in [5, 5.41) is 10.5. The van der Waals surface area contributed by atoms with Gasteiger partial charge in [-0.25, -0.2) is 0 Å². The number of thiazole rings is 1. The van der Waals surface area contributed by atoms with Gasteiger partial charge in [0.2, 0.25) is 0 Å². The zero-order valence-corrected chi connectivity index (χ0v) is 28.4. The SMILES string of the molecule is C=C(c1ccccc1)c1cccc(F)c1NC(=O)C(CCC)N/C(=C\[CH2-])O[C](=[V])c1nc(C2CCC2)sc1C1=CNC(CC)N=C1. The minimum atomic E-state index is -0.723. The third-order valence-electron chi connectivity index (χ3n) is 8.09. The van der Waals surface area contributed by atoms with Gasteiger partial charge in [0.15, 0.2) is 0 Å². The third kappa shape index (κ3) is 7.72. The van der Waals surface area contributed by atoms with Crippen molar-refractivity contribution in [1.29, 1.82) is 0 Å². The average Bonchev–Trinajstić information content (AvgIpc) is 3.49. The molecule has 3 N–H and O–H groups in total. The van der Waals surface area contributed by atoms with E-state index in [9.17, 15) is 4.79 Å². The van der Waals surface area contributed by atoms with E-state index in [1.807, 2.05) is 49.7 Å². The number of nitrogens with one attached hydrogen (secondary N) is 3. The van der Waals surface area contributed by atoms with Gasteiger partial charge < -0.3 is 0 Å². The second-order valence-electron chi connectivity index (χ2n) is 11.3. The molecule has 3 aromatic rings. The molecular weight excluding hydrogens is 636 g/mol. The number of hydrogen-bond donors (Lipinski definition) is 3. The van der Waals surface area contributed by atoms with Crippen molar-refractivity contribution in [3.8, 4) is 0 Å². The summed E-state index contributed by atoms with van der Waals surface area (Å²) in [6.45, 7) is 12.2. The second-order valence-corrected chi connectivity index (χ2v) is 12.9. The summed E-state index contributed by atoms with van der Waals surface area (Å²) >= 11 is 4.12. The molecule has 2 heterocycles. The van der Waals surface area contributed by atoms with E-state index in [-0.39, 0.29) is 11.9 Å². The number of benzene rings is 2. The van der Waals surface area contributed by atoms with Crippen LogP contribution in [0.4, 0.5) is 10.1 Å². The maximum absolute atomic E-state index is 15.2. The molecule has 2 aliphatic rings. The molecule has 10 heteroatoms. The number of anilines is 1. The predicted molar refractivity (Wildman–Crippen MR) is 182 cm³/mol. The summed E-state index contributed by atoms with van der Waals surface area (Å²) in [5.41, 5.74) is 3.71. The number of hydrogen-bond acceptors (Lipinski definition) is 7. The van der Waals surface area contributed by atoms with Crippen LogP contribution < -0.4 is 16.0 Å². The first-order valence-corrected chi connectivity index (χ1v) is 17.2. The predicted octanol–water partition coefficient (Wildman–Crippen LogP) is 7.48. The molecule has 1 fully saturated rings. The molecule has 0 saturated heterocycles. The van der Waals surface area contributed by atoms with E-state index in [4.69, 9.17) is 9.72 Å². The molecule has 239 valence electrons. The summed E-state index contributed by atoms with van der Waals surface area (Å²) in [7, 11) is 0. The molecule has 46 heavy (non-hydrogen) atoms. The zero-order valence-electron chi connectivity index (χ0n) is 26.2. The summed E-state index contributed by atoms with van der Waals surface area (Å²) in [6, 6.07) is 13.5. The molecule has 1 saturated carbocycles. The van der Waals surface area contributed by atoms with Crippen LogP contribution in [0.15, 0.2) is 78.3 Å². The van der Waals surface area contributed by atoms with Gasteiger partial charge in [0.1, 0.15) is 0 Å². The van der Waals surface area contributed by atoms with Gasteiger partial charge >= 0.3 is 267 Å². The topological polar surface area (TPSA) is 87.6 Å². The van der Waals surface area contributed by atoms with Gasteiger partial charge in [0.05, 0.1) is 0 Å². The minimum absolute atomic E-state index is 0.0618. The maximum atomic E-state index is 15.2. The van der Waals surface area contributed by atoms with Crippen molar-refractivity contribution in [2.45, 2.75) is 70.5 Å². The van der Waals surface area contributed by atoms with Gasteiger partial charge in [0.25, 0.3) is 0 Å². The van der Waals surface area contributed by atoms with E-state index in [0.717, 1.165) is 46.0 Å². The van der Waals surface area contributed by atoms with Crippen LogP contribution in [0, 0.1) is 12.7 Å². The fraction of sp³-hybridized carbons (Fsp3) is 0.306. The number of allylic oxidation sites excluding steroid dienone is 2. The van der Waals surface area contributed by atoms with Crippen LogP contribution in [-0.2, 0) is 26.5 Å². The molecule has 2 unspecified atom stereocenters. The number of rotatable bonds is 14. The zero-order chi connectivity index (χ0) is 32.6. The third-order valence-corrected chi connectivity index (χ3v) is 9.83. The Bertz CT molecular complexity index is 1680. The summed E-state index contributed by atoms with van der Waals surface area (Å²) in [5.74, 6) is -0.185. The average molecular weight is 676 g/mol. The van der Waals surface area contributed by atoms with Crippen molar-refractivity contribution in [3.63, 3.8) is 0 Å². The molecule has 2 aromatic carbocycles. The quantitative estimate of drug-likeness (QED) is 0.122. The van der Waals surface area contributed by atoms with E-state index in [2.05, 4.69) is 58.3 Å². The number of carbonyl (C=O) groups excluding carboxylic acids is 1. The normalized spacial score (nSPS) is 16.9. The van der Waals surface area contributed by atoms with Crippen molar-refractivity contribution in [1.82, 2.24) is 15.6 Å². The van der Waals surface area contributed by atoms with Crippen molar-refractivity contribution in [2.75, 3.05) is 5.32 Å². The summed E-state index contributed by atoms with van der Waals surface area (Å²) in [4.78, 5) is 24.3. The standard InChI is InChI=1S/C36H39FN5O2S.V/c1-5-13-29(35(43)42-33-27(18-12-19-28(33)37)23(4)24-14-9-8-10-15-24)40-32(7-3)44-22-30-34(26-20-38-31(6-2)39-21-26)45-36(41-30)25-16-11-17-25;/h7-10,12,14-15,18-21,25,29,31,38,40H,3-6,11,13,16-17H2,1-2H3,(H,42,43);/q-1;/b32-7+;. The van der Waals surface area contributed by atoms with E-state index in [0.29, 0.717) is 40.2 Å². The van der Waals surface area contributed by atoms with Crippen LogP contribution in [0.5, 0.6) is 0 Å². The van der Waals surface area contributed by atoms with E-state index in [1.54, 1.807) is 23.5 Å². The monoisotopic (exact) mass is 675 g/mol. The van der Waals surface area contributed by atoms with Crippen LogP contribution in [0.2, 0.25) is 0 Å². The van der Waals surface area contributed by atoms with E-state index in [1.165, 1.54) is 18.6 Å². The molecule has 1 aromatic heterocycles. The van der Waals surface area contributed by atoms with Gasteiger partial charge in [-0.2, -0.15) is 0 Å². The van der Waals surface area contributed by atoms with Gasteiger partial charge in [-0.15, -0.1) is 0 Å². The molecule has 0 bridgehead atoms. The number of halogens is 1. The Kier molecular flexibility index (Phi) is 11.3. The Hall–Kier alpha value is -3.92. The number of carbonyl (C=O) groups is 1. The Labute approximate surface area is 283 Å². The molecule has 2 atom stereocenters. The summed E-state index contributed by atoms with van der Waals surface area (Å²) in [6.07, 6.45) is 11.0. The Balaban J connectivity index is 1.33. The molecule has 0 spiro atoms. The van der Waals surface area contributed by atoms with E-state index >= 15 is 4.39 Å². The number of para-hydroxylation sites is 1. The van der Waals surface area contributed by atoms with Gasteiger partial charge in [0, 0.05) is 0 Å². The van der Waals surface area contributed by atoms with Crippen molar-refractivity contribution in [3.05, 3.63) is 113 Å². The van der Waals surface area contributed by atoms with Crippen molar-refractivity contribution >= 4 is 44.7 Å². The molecular formula is C36H39FN5O2SV-. The van der Waals surface area contributed by atoms with Crippen molar-refractivity contribution < 1.29 is 30.9 Å². The van der Waals surface area contributed by atoms with E-state index < -0.39 is 17.8 Å². The van der Waals surface area contributed by atoms with Gasteiger partial charge in [-0.1, -0.05) is 18.2 Å². The number of aliphatic imine (C=N–C) groups is 1. The molecule has 7 nitrogen and oxygen atoms in total. The Morgan fingerprint density at radius 3 is 2.65 bits per heavy atom. The first-order chi connectivity index (χ1) is 22.3. The molecule has 1 amide bonds. The van der Waals surface area contributed by atoms with Crippen LogP contribution in [0.3, 0.4) is 0 Å². The number of nitrogens with zero attached hydrogens (tertiary/aromatic N) is 2. The van der Waals surface area contributed by atoms with Gasteiger partial charge in [-0.3, -0.25) is 0 Å². The molecule has 0 radical (unpaired) electrons. The molecule has 1 aliphatic carbocycles. The fourth-order valence-corrected chi connectivity index (χ4v) is 6.95. The van der Waals surface area contributed by atoms with Gasteiger partial charge in [-0.05, 0) is 0 Å². The number of ether oxygens (including phenoxy) is 1. The number of aromatic nitrogens is 1. The number of amides is 1. The van der Waals surface area contributed by atoms with Crippen molar-refractivity contribution in [2.24, 2.45) is 4.99 Å². The van der Waals surface area contributed by atoms with Crippen LogP contribution in [0.25, 0.3) is 11.1 Å². The first kappa shape index (κ1) is 33.4. The van der Waals surface area contributed by atoms with Crippen LogP contribution in [-0.4, -0.2) is 33.7 Å².